The van der Waals surface area contributed by atoms with E-state index < -0.39 is 4.92 Å². The minimum atomic E-state index is -0.498. The Bertz CT molecular complexity index is 1140. The fraction of sp³-hybridized carbons (Fsp3) is 0.211. The fourth-order valence-electron chi connectivity index (χ4n) is 2.92. The smallest absolute Gasteiger partial charge is 0.272 e. The minimum absolute atomic E-state index is 0.0616. The van der Waals surface area contributed by atoms with Crippen LogP contribution in [-0.4, -0.2) is 31.9 Å². The van der Waals surface area contributed by atoms with E-state index in [1.54, 1.807) is 12.1 Å². The molecule has 1 aliphatic heterocycles. The van der Waals surface area contributed by atoms with Crippen molar-refractivity contribution in [1.29, 1.82) is 0 Å². The van der Waals surface area contributed by atoms with Crippen LogP contribution in [0.15, 0.2) is 61.9 Å². The van der Waals surface area contributed by atoms with E-state index in [-0.39, 0.29) is 29.5 Å². The van der Waals surface area contributed by atoms with Crippen molar-refractivity contribution >= 4 is 35.1 Å². The molecule has 0 saturated carbocycles. The summed E-state index contributed by atoms with van der Waals surface area (Å²) < 4.78 is 6.59. The molecule has 2 aromatic heterocycles. The quantitative estimate of drug-likeness (QED) is 0.256. The molecule has 9 nitrogen and oxygen atoms in total. The van der Waals surface area contributed by atoms with Crippen molar-refractivity contribution in [2.45, 2.75) is 23.0 Å². The predicted molar refractivity (Wildman–Crippen MR) is 112 cm³/mol. The summed E-state index contributed by atoms with van der Waals surface area (Å²) in [6.07, 6.45) is 2.22. The van der Waals surface area contributed by atoms with Gasteiger partial charge in [0.2, 0.25) is 5.91 Å². The number of benzene rings is 1. The zero-order valence-corrected chi connectivity index (χ0v) is 17.2. The number of rotatable bonds is 7. The lowest BCUT2D eigenvalue weighted by Gasteiger charge is -2.13. The van der Waals surface area contributed by atoms with E-state index >= 15 is 0 Å². The first-order chi connectivity index (χ1) is 14.5. The van der Waals surface area contributed by atoms with E-state index in [9.17, 15) is 19.7 Å². The predicted octanol–water partition coefficient (Wildman–Crippen LogP) is 2.79. The van der Waals surface area contributed by atoms with E-state index in [1.807, 2.05) is 0 Å². The second kappa shape index (κ2) is 8.76. The van der Waals surface area contributed by atoms with Crippen LogP contribution < -0.4 is 10.9 Å². The van der Waals surface area contributed by atoms with Gasteiger partial charge in [-0.05, 0) is 24.3 Å². The number of furan rings is 1. The van der Waals surface area contributed by atoms with Gasteiger partial charge in [0.15, 0.2) is 5.16 Å². The monoisotopic (exact) mass is 444 g/mol. The molecule has 1 aromatic carbocycles. The van der Waals surface area contributed by atoms with Gasteiger partial charge in [-0.3, -0.25) is 24.3 Å². The Morgan fingerprint density at radius 2 is 2.13 bits per heavy atom. The highest BCUT2D eigenvalue weighted by Crippen LogP contribution is 2.30. The average molecular weight is 444 g/mol. The summed E-state index contributed by atoms with van der Waals surface area (Å²) in [5, 5.41) is 14.1. The highest BCUT2D eigenvalue weighted by Gasteiger charge is 2.23. The van der Waals surface area contributed by atoms with Crippen LogP contribution in [0.25, 0.3) is 5.69 Å². The lowest BCUT2D eigenvalue weighted by molar-refractivity contribution is -0.384. The molecule has 11 heteroatoms. The van der Waals surface area contributed by atoms with E-state index in [0.717, 1.165) is 23.2 Å². The van der Waals surface area contributed by atoms with Gasteiger partial charge in [0.25, 0.3) is 11.2 Å². The molecule has 0 bridgehead atoms. The number of aromatic nitrogens is 2. The van der Waals surface area contributed by atoms with Gasteiger partial charge in [0, 0.05) is 24.3 Å². The van der Waals surface area contributed by atoms with Crippen LogP contribution >= 0.6 is 23.5 Å². The van der Waals surface area contributed by atoms with Crippen LogP contribution in [0.1, 0.15) is 11.5 Å². The van der Waals surface area contributed by atoms with Gasteiger partial charge >= 0.3 is 0 Å². The summed E-state index contributed by atoms with van der Waals surface area (Å²) in [5.41, 5.74) is 0.894. The summed E-state index contributed by atoms with van der Waals surface area (Å²) in [4.78, 5) is 40.9. The minimum Gasteiger partial charge on any atom is -0.467 e. The van der Waals surface area contributed by atoms with E-state index in [2.05, 4.69) is 10.3 Å². The molecule has 1 N–H and O–H groups in total. The van der Waals surface area contributed by atoms with Crippen molar-refractivity contribution in [3.8, 4) is 5.69 Å². The Kier molecular flexibility index (Phi) is 5.91. The highest BCUT2D eigenvalue weighted by molar-refractivity contribution is 8.00. The van der Waals surface area contributed by atoms with Crippen molar-refractivity contribution in [3.05, 3.63) is 74.6 Å². The number of nitrogens with zero attached hydrogens (tertiary/aromatic N) is 3. The largest absolute Gasteiger partial charge is 0.467 e. The molecule has 1 aliphatic rings. The molecule has 4 rings (SSSR count). The van der Waals surface area contributed by atoms with Gasteiger partial charge < -0.3 is 9.73 Å². The maximum Gasteiger partial charge on any atom is 0.272 e. The average Bonchev–Trinajstić information content (AvgIpc) is 3.43. The zero-order chi connectivity index (χ0) is 21.1. The van der Waals surface area contributed by atoms with Crippen LogP contribution in [0.5, 0.6) is 0 Å². The number of fused-ring (bicyclic) bond motifs is 1. The molecular weight excluding hydrogens is 428 g/mol. The van der Waals surface area contributed by atoms with Gasteiger partial charge in [-0.25, -0.2) is 4.98 Å². The zero-order valence-electron chi connectivity index (χ0n) is 15.6. The number of thioether (sulfide) groups is 2. The molecule has 0 unspecified atom stereocenters. The van der Waals surface area contributed by atoms with Gasteiger partial charge in [-0.1, -0.05) is 11.8 Å². The molecule has 0 radical (unpaired) electrons. The van der Waals surface area contributed by atoms with Crippen LogP contribution in [0.4, 0.5) is 5.69 Å². The Morgan fingerprint density at radius 3 is 2.83 bits per heavy atom. The number of carbonyl (C=O) groups excluding carboxylic acids is 1. The second-order valence-corrected chi connectivity index (χ2v) is 8.38. The molecule has 0 atom stereocenters. The summed E-state index contributed by atoms with van der Waals surface area (Å²) in [6, 6.07) is 9.20. The number of hydrogen-bond acceptors (Lipinski definition) is 8. The van der Waals surface area contributed by atoms with Gasteiger partial charge in [0.05, 0.1) is 39.8 Å². The Labute approximate surface area is 179 Å². The number of nitro groups is 1. The van der Waals surface area contributed by atoms with Crippen molar-refractivity contribution in [1.82, 2.24) is 14.9 Å². The Hall–Kier alpha value is -3.05. The van der Waals surface area contributed by atoms with E-state index in [1.165, 1.54) is 46.9 Å². The molecule has 3 aromatic rings. The molecule has 0 spiro atoms. The number of aryl methyl sites for hydroxylation is 1. The first kappa shape index (κ1) is 20.2. The lowest BCUT2D eigenvalue weighted by atomic mass is 10.2. The molecule has 3 heterocycles. The van der Waals surface area contributed by atoms with Gasteiger partial charge in [0.1, 0.15) is 5.76 Å². The summed E-state index contributed by atoms with van der Waals surface area (Å²) in [5.74, 6) is 1.25. The maximum atomic E-state index is 13.1. The second-order valence-electron chi connectivity index (χ2n) is 6.33. The van der Waals surface area contributed by atoms with E-state index in [4.69, 9.17) is 4.42 Å². The molecule has 0 aliphatic carbocycles. The number of nitro benzene ring substituents is 1. The first-order valence-electron chi connectivity index (χ1n) is 8.98. The summed E-state index contributed by atoms with van der Waals surface area (Å²) in [6.45, 7) is 0.274. The number of carbonyl (C=O) groups is 1. The third-order valence-corrected chi connectivity index (χ3v) is 6.40. The standard InChI is InChI=1S/C19H16N4O5S2/c24-16(20-10-14-2-1-8-28-14)11-30-19-21-15-7-9-29-17(15)18(25)22(19)12-3-5-13(6-4-12)23(26)27/h1-6,8H,7,9-11H2,(H,20,24). The summed E-state index contributed by atoms with van der Waals surface area (Å²) in [7, 11) is 0. The Morgan fingerprint density at radius 1 is 1.33 bits per heavy atom. The lowest BCUT2D eigenvalue weighted by Crippen LogP contribution is -2.27. The molecule has 30 heavy (non-hydrogen) atoms. The topological polar surface area (TPSA) is 120 Å². The van der Waals surface area contributed by atoms with Crippen molar-refractivity contribution < 1.29 is 14.1 Å². The first-order valence-corrected chi connectivity index (χ1v) is 11.0. The summed E-state index contributed by atoms with van der Waals surface area (Å²) >= 11 is 2.59. The number of non-ortho nitro benzene ring substituents is 1. The fourth-order valence-corrected chi connectivity index (χ4v) is 4.80. The number of amides is 1. The number of nitrogens with one attached hydrogen (secondary N) is 1. The molecule has 0 fully saturated rings. The van der Waals surface area contributed by atoms with Gasteiger partial charge in [-0.15, -0.1) is 11.8 Å². The van der Waals surface area contributed by atoms with Crippen LogP contribution in [0.2, 0.25) is 0 Å². The van der Waals surface area contributed by atoms with Crippen LogP contribution in [0.3, 0.4) is 0 Å². The molecule has 154 valence electrons. The normalized spacial score (nSPS) is 12.5. The van der Waals surface area contributed by atoms with Crippen molar-refractivity contribution in [3.63, 3.8) is 0 Å². The van der Waals surface area contributed by atoms with Crippen LogP contribution in [-0.2, 0) is 17.8 Å². The third-order valence-electron chi connectivity index (χ3n) is 4.36. The third kappa shape index (κ3) is 4.26. The SMILES string of the molecule is O=C(CSc1nc2c(c(=O)n1-c1ccc([N+](=O)[O-])cc1)SCC2)NCc1ccco1. The van der Waals surface area contributed by atoms with E-state index in [0.29, 0.717) is 27.9 Å². The molecule has 1 amide bonds. The molecule has 0 saturated heterocycles. The van der Waals surface area contributed by atoms with Crippen molar-refractivity contribution in [2.75, 3.05) is 11.5 Å². The van der Waals surface area contributed by atoms with Gasteiger partial charge in [-0.2, -0.15) is 0 Å². The number of hydrogen-bond donors (Lipinski definition) is 1. The Balaban J connectivity index is 1.58. The highest BCUT2D eigenvalue weighted by atomic mass is 32.2. The molecular formula is C19H16N4O5S2. The van der Waals surface area contributed by atoms with Crippen molar-refractivity contribution in [2.24, 2.45) is 0 Å². The van der Waals surface area contributed by atoms with Crippen LogP contribution in [0, 0.1) is 10.1 Å². The maximum absolute atomic E-state index is 13.1.